The number of aliphatic hydroxyl groups is 4. The fraction of sp³-hybridized carbons (Fsp3) is 0.273. The van der Waals surface area contributed by atoms with E-state index in [9.17, 15) is 72.3 Å². The number of para-hydroxylation sites is 2. The first-order valence-corrected chi connectivity index (χ1v) is 28.6. The van der Waals surface area contributed by atoms with Crippen LogP contribution in [-0.4, -0.2) is 165 Å². The molecule has 76 heavy (non-hydrogen) atoms. The Morgan fingerprint density at radius 2 is 0.842 bits per heavy atom. The van der Waals surface area contributed by atoms with E-state index in [4.69, 9.17) is 0 Å². The average molecular weight is 1130 g/mol. The van der Waals surface area contributed by atoms with Crippen LogP contribution in [-0.2, 0) is 40.5 Å². The van der Waals surface area contributed by atoms with E-state index in [0.717, 1.165) is 24.3 Å². The molecule has 0 amide bonds. The highest BCUT2D eigenvalue weighted by molar-refractivity contribution is 7.86. The Hall–Kier alpha value is -7.08. The lowest BCUT2D eigenvalue weighted by Crippen LogP contribution is -2.27. The SMILES string of the molecule is O=S(=O)(O)CCNc1nc(Nc2ccc(/C=C/c3ccc(Nc4nc(NCCS(=O)(=O)O)nc(N(CCC(O)CO)c5ccccc5)n4)cc3S(=O)(=O)O)c(S(=O)(=O)O)c2)nc(N(CCC(O)CO)c2ccccc2)n1. The summed E-state index contributed by atoms with van der Waals surface area (Å²) in [7, 11) is -18.9. The first kappa shape index (κ1) is 58.2. The molecule has 6 rings (SSSR count). The van der Waals surface area contributed by atoms with Crippen molar-refractivity contribution in [3.63, 3.8) is 0 Å². The zero-order valence-corrected chi connectivity index (χ0v) is 42.9. The normalized spacial score (nSPS) is 13.0. The third-order valence-corrected chi connectivity index (χ3v) is 13.7. The number of hydrogen-bond acceptors (Lipinski definition) is 24. The minimum atomic E-state index is -5.06. The molecular weight excluding hydrogens is 1080 g/mol. The average Bonchev–Trinajstić information content (AvgIpc) is 3.35. The van der Waals surface area contributed by atoms with Crippen LogP contribution >= 0.6 is 0 Å². The summed E-state index contributed by atoms with van der Waals surface area (Å²) in [6.45, 7) is -1.72. The van der Waals surface area contributed by atoms with Gasteiger partial charge in [-0.25, -0.2) is 0 Å². The first-order chi connectivity index (χ1) is 35.9. The van der Waals surface area contributed by atoms with E-state index in [2.05, 4.69) is 51.2 Å². The minimum Gasteiger partial charge on any atom is -0.394 e. The Morgan fingerprint density at radius 1 is 0.487 bits per heavy atom. The van der Waals surface area contributed by atoms with Gasteiger partial charge in [0.2, 0.25) is 35.7 Å². The number of benzene rings is 4. The number of aliphatic hydroxyl groups excluding tert-OH is 4. The van der Waals surface area contributed by atoms with Gasteiger partial charge in [0.05, 0.1) is 36.9 Å². The quantitative estimate of drug-likeness (QED) is 0.0248. The predicted octanol–water partition coefficient (Wildman–Crippen LogP) is 2.57. The number of nitrogens with zero attached hydrogens (tertiary/aromatic N) is 8. The third kappa shape index (κ3) is 17.8. The summed E-state index contributed by atoms with van der Waals surface area (Å²) in [6, 6.07) is 24.3. The highest BCUT2D eigenvalue weighted by Gasteiger charge is 2.23. The number of aromatic nitrogens is 6. The van der Waals surface area contributed by atoms with Crippen LogP contribution in [0.2, 0.25) is 0 Å². The third-order valence-electron chi connectivity index (χ3n) is 10.5. The van der Waals surface area contributed by atoms with Crippen molar-refractivity contribution >= 4 is 111 Å². The maximum absolute atomic E-state index is 12.9. The van der Waals surface area contributed by atoms with Crippen LogP contribution in [0.4, 0.5) is 58.4 Å². The second-order valence-electron chi connectivity index (χ2n) is 16.3. The summed E-state index contributed by atoms with van der Waals surface area (Å²) in [6.07, 6.45) is 0.0910. The van der Waals surface area contributed by atoms with Crippen LogP contribution in [0.5, 0.6) is 0 Å². The Kier molecular flexibility index (Phi) is 19.6. The van der Waals surface area contributed by atoms with Gasteiger partial charge in [0, 0.05) is 48.9 Å². The standard InChI is InChI=1S/C44H52N12O16S4/c57-27-35(59)17-21-55(33-7-3-1-4-8-33)43-51-39(45-19-23-73(61,62)63)49-41(53-43)47-31-15-13-29(37(25-31)75(67,68)69)11-12-30-14-16-32(26-38(30)76(70,71)72)48-42-50-40(46-20-24-74(64,65)66)52-44(54-42)56(22-18-36(60)28-58)34-9-5-2-6-10-34/h1-16,25-26,35-36,57-60H,17-24,27-28H2,(H,61,62,63)(H,64,65,66)(H,67,68,69)(H,70,71,72)(H2,45,47,49,51,53)(H2,46,48,50,52,54)/b12-11+. The molecule has 2 unspecified atom stereocenters. The van der Waals surface area contributed by atoms with E-state index in [0.29, 0.717) is 11.4 Å². The molecule has 0 radical (unpaired) electrons. The molecule has 12 N–H and O–H groups in total. The van der Waals surface area contributed by atoms with Crippen molar-refractivity contribution in [2.24, 2.45) is 0 Å². The fourth-order valence-electron chi connectivity index (χ4n) is 6.85. The van der Waals surface area contributed by atoms with Crippen LogP contribution in [0.15, 0.2) is 107 Å². The molecule has 0 aliphatic heterocycles. The number of hydrogen-bond donors (Lipinski definition) is 12. The molecular formula is C44H52N12O16S4. The Balaban J connectivity index is 1.33. The van der Waals surface area contributed by atoms with Gasteiger partial charge in [-0.05, 0) is 72.5 Å². The van der Waals surface area contributed by atoms with Gasteiger partial charge in [0.1, 0.15) is 9.79 Å². The number of rotatable bonds is 28. The van der Waals surface area contributed by atoms with Crippen molar-refractivity contribution in [2.75, 3.05) is 82.0 Å². The van der Waals surface area contributed by atoms with Crippen molar-refractivity contribution in [3.05, 3.63) is 108 Å². The van der Waals surface area contributed by atoms with Crippen LogP contribution in [0, 0.1) is 0 Å². The van der Waals surface area contributed by atoms with Crippen molar-refractivity contribution < 1.29 is 72.3 Å². The van der Waals surface area contributed by atoms with Crippen LogP contribution < -0.4 is 31.1 Å². The molecule has 2 aromatic heterocycles. The van der Waals surface area contributed by atoms with Gasteiger partial charge in [-0.15, -0.1) is 0 Å². The molecule has 2 heterocycles. The Morgan fingerprint density at radius 3 is 1.17 bits per heavy atom. The lowest BCUT2D eigenvalue weighted by Gasteiger charge is -2.24. The summed E-state index contributed by atoms with van der Waals surface area (Å²) < 4.78 is 137. The molecule has 0 saturated carbocycles. The van der Waals surface area contributed by atoms with Crippen molar-refractivity contribution in [3.8, 4) is 0 Å². The summed E-state index contributed by atoms with van der Waals surface area (Å²) in [5.74, 6) is -2.51. The first-order valence-electron chi connectivity index (χ1n) is 22.5. The molecule has 0 spiro atoms. The molecule has 0 aliphatic carbocycles. The van der Waals surface area contributed by atoms with Gasteiger partial charge < -0.3 is 51.5 Å². The largest absolute Gasteiger partial charge is 0.394 e. The summed E-state index contributed by atoms with van der Waals surface area (Å²) in [5.41, 5.74) is 0.625. The van der Waals surface area contributed by atoms with Gasteiger partial charge in [-0.3, -0.25) is 18.2 Å². The summed E-state index contributed by atoms with van der Waals surface area (Å²) in [5, 5.41) is 50.2. The second-order valence-corrected chi connectivity index (χ2v) is 22.2. The monoisotopic (exact) mass is 1130 g/mol. The zero-order chi connectivity index (χ0) is 55.3. The fourth-order valence-corrected chi connectivity index (χ4v) is 8.99. The maximum Gasteiger partial charge on any atom is 0.295 e. The Labute approximate surface area is 436 Å². The predicted molar refractivity (Wildman–Crippen MR) is 280 cm³/mol. The minimum absolute atomic E-state index is 0.0326. The van der Waals surface area contributed by atoms with Gasteiger partial charge in [-0.2, -0.15) is 63.6 Å². The lowest BCUT2D eigenvalue weighted by atomic mass is 10.1. The smallest absolute Gasteiger partial charge is 0.295 e. The van der Waals surface area contributed by atoms with Gasteiger partial charge >= 0.3 is 0 Å². The number of anilines is 10. The maximum atomic E-state index is 12.9. The molecule has 32 heteroatoms. The topological polar surface area (TPSA) is 430 Å². The second kappa shape index (κ2) is 25.6. The Bertz CT molecular complexity index is 3220. The van der Waals surface area contributed by atoms with Gasteiger partial charge in [0.25, 0.3) is 40.5 Å². The molecule has 0 aliphatic rings. The number of nitrogens with one attached hydrogen (secondary N) is 4. The van der Waals surface area contributed by atoms with Gasteiger partial charge in [-0.1, -0.05) is 60.7 Å². The van der Waals surface area contributed by atoms with Crippen LogP contribution in [0.1, 0.15) is 24.0 Å². The molecule has 408 valence electrons. The van der Waals surface area contributed by atoms with E-state index in [1.807, 2.05) is 0 Å². The van der Waals surface area contributed by atoms with E-state index < -0.39 is 87.2 Å². The highest BCUT2D eigenvalue weighted by Crippen LogP contribution is 2.31. The molecule has 6 aromatic rings. The zero-order valence-electron chi connectivity index (χ0n) is 39.7. The molecule has 28 nitrogen and oxygen atoms in total. The van der Waals surface area contributed by atoms with E-state index in [1.165, 1.54) is 24.3 Å². The van der Waals surface area contributed by atoms with E-state index in [-0.39, 0.29) is 97.2 Å². The molecule has 4 aromatic carbocycles. The molecule has 0 fully saturated rings. The highest BCUT2D eigenvalue weighted by atomic mass is 32.2. The summed E-state index contributed by atoms with van der Waals surface area (Å²) in [4.78, 5) is 27.9. The van der Waals surface area contributed by atoms with E-state index in [1.54, 1.807) is 70.5 Å². The van der Waals surface area contributed by atoms with Crippen molar-refractivity contribution in [2.45, 2.75) is 34.8 Å². The van der Waals surface area contributed by atoms with Gasteiger partial charge in [0.15, 0.2) is 0 Å². The molecule has 0 saturated heterocycles. The summed E-state index contributed by atoms with van der Waals surface area (Å²) >= 11 is 0. The van der Waals surface area contributed by atoms with Crippen LogP contribution in [0.3, 0.4) is 0 Å². The lowest BCUT2D eigenvalue weighted by molar-refractivity contribution is 0.0901. The molecule has 2 atom stereocenters. The van der Waals surface area contributed by atoms with Crippen molar-refractivity contribution in [1.29, 1.82) is 0 Å². The molecule has 0 bridgehead atoms. The van der Waals surface area contributed by atoms with Crippen LogP contribution in [0.25, 0.3) is 12.2 Å². The van der Waals surface area contributed by atoms with E-state index >= 15 is 0 Å². The van der Waals surface area contributed by atoms with Crippen molar-refractivity contribution in [1.82, 2.24) is 29.9 Å².